The fraction of sp³-hybridized carbons (Fsp3) is 0.267. The molecule has 1 heterocycles. The molecule has 6 nitrogen and oxygen atoms in total. The minimum absolute atomic E-state index is 0.186. The molecule has 116 valence electrons. The van der Waals surface area contributed by atoms with Gasteiger partial charge in [0, 0.05) is 24.8 Å². The van der Waals surface area contributed by atoms with Gasteiger partial charge in [-0.05, 0) is 32.0 Å². The standard InChI is InChI=1S/C15H17ClN4O2/c1-4-17-14(21)10-6-5-7-11(8-10)18-15(22)12-9(2)19-20(3)13(12)16/h5-8H,4H2,1-3H3,(H,17,21)(H,18,22). The number of nitrogens with zero attached hydrogens (tertiary/aromatic N) is 2. The fourth-order valence-electron chi connectivity index (χ4n) is 2.08. The first kappa shape index (κ1) is 16.0. The number of hydrogen-bond donors (Lipinski definition) is 2. The van der Waals surface area contributed by atoms with Crippen LogP contribution in [0.3, 0.4) is 0 Å². The Bertz CT molecular complexity index is 724. The van der Waals surface area contributed by atoms with Crippen LogP contribution >= 0.6 is 11.6 Å². The Labute approximate surface area is 133 Å². The molecule has 7 heteroatoms. The van der Waals surface area contributed by atoms with E-state index in [0.717, 1.165) is 0 Å². The van der Waals surface area contributed by atoms with Crippen molar-refractivity contribution in [2.45, 2.75) is 13.8 Å². The molecule has 0 atom stereocenters. The summed E-state index contributed by atoms with van der Waals surface area (Å²) in [5.74, 6) is -0.544. The maximum atomic E-state index is 12.3. The van der Waals surface area contributed by atoms with E-state index in [0.29, 0.717) is 29.1 Å². The highest BCUT2D eigenvalue weighted by molar-refractivity contribution is 6.33. The van der Waals surface area contributed by atoms with Crippen molar-refractivity contribution in [1.29, 1.82) is 0 Å². The molecule has 0 aliphatic heterocycles. The van der Waals surface area contributed by atoms with E-state index in [1.54, 1.807) is 38.2 Å². The number of aromatic nitrogens is 2. The van der Waals surface area contributed by atoms with Gasteiger partial charge in [-0.15, -0.1) is 0 Å². The molecule has 22 heavy (non-hydrogen) atoms. The molecule has 0 bridgehead atoms. The average Bonchev–Trinajstić information content (AvgIpc) is 2.72. The molecule has 0 spiro atoms. The summed E-state index contributed by atoms with van der Waals surface area (Å²) in [6, 6.07) is 6.71. The van der Waals surface area contributed by atoms with E-state index >= 15 is 0 Å². The Morgan fingerprint density at radius 3 is 2.64 bits per heavy atom. The molecule has 0 unspecified atom stereocenters. The molecule has 1 aromatic carbocycles. The van der Waals surface area contributed by atoms with Gasteiger partial charge in [0.05, 0.1) is 11.3 Å². The predicted molar refractivity (Wildman–Crippen MR) is 85.4 cm³/mol. The summed E-state index contributed by atoms with van der Waals surface area (Å²) in [6.07, 6.45) is 0. The van der Waals surface area contributed by atoms with E-state index in [9.17, 15) is 9.59 Å². The summed E-state index contributed by atoms with van der Waals surface area (Å²) in [7, 11) is 1.67. The molecule has 0 saturated carbocycles. The summed E-state index contributed by atoms with van der Waals surface area (Å²) in [6.45, 7) is 4.10. The van der Waals surface area contributed by atoms with Gasteiger partial charge in [-0.25, -0.2) is 0 Å². The topological polar surface area (TPSA) is 76.0 Å². The Balaban J connectivity index is 2.22. The van der Waals surface area contributed by atoms with Gasteiger partial charge in [-0.3, -0.25) is 14.3 Å². The van der Waals surface area contributed by atoms with Crippen LogP contribution in [0, 0.1) is 6.92 Å². The molecule has 2 aromatic rings. The van der Waals surface area contributed by atoms with Crippen LogP contribution < -0.4 is 10.6 Å². The summed E-state index contributed by atoms with van der Waals surface area (Å²) in [4.78, 5) is 24.1. The van der Waals surface area contributed by atoms with Crippen molar-refractivity contribution < 1.29 is 9.59 Å². The first-order chi connectivity index (χ1) is 10.4. The third-order valence-electron chi connectivity index (χ3n) is 3.10. The normalized spacial score (nSPS) is 10.4. The Morgan fingerprint density at radius 1 is 1.32 bits per heavy atom. The highest BCUT2D eigenvalue weighted by atomic mass is 35.5. The van der Waals surface area contributed by atoms with Gasteiger partial charge < -0.3 is 10.6 Å². The van der Waals surface area contributed by atoms with E-state index in [1.807, 2.05) is 6.92 Å². The Hall–Kier alpha value is -2.34. The van der Waals surface area contributed by atoms with Gasteiger partial charge in [0.25, 0.3) is 11.8 Å². The summed E-state index contributed by atoms with van der Waals surface area (Å²) >= 11 is 6.07. The van der Waals surface area contributed by atoms with Crippen LogP contribution in [0.15, 0.2) is 24.3 Å². The predicted octanol–water partition coefficient (Wildman–Crippen LogP) is 2.38. The number of rotatable bonds is 4. The van der Waals surface area contributed by atoms with Crippen molar-refractivity contribution in [3.63, 3.8) is 0 Å². The maximum Gasteiger partial charge on any atom is 0.260 e. The van der Waals surface area contributed by atoms with E-state index in [1.165, 1.54) is 4.68 Å². The smallest absolute Gasteiger partial charge is 0.260 e. The van der Waals surface area contributed by atoms with Gasteiger partial charge in [-0.1, -0.05) is 17.7 Å². The van der Waals surface area contributed by atoms with Crippen LogP contribution in [0.1, 0.15) is 33.3 Å². The van der Waals surface area contributed by atoms with Gasteiger partial charge in [-0.2, -0.15) is 5.10 Å². The number of halogens is 1. The SMILES string of the molecule is CCNC(=O)c1cccc(NC(=O)c2c(C)nn(C)c2Cl)c1. The molecule has 0 aliphatic carbocycles. The summed E-state index contributed by atoms with van der Waals surface area (Å²) in [5, 5.41) is 9.82. The van der Waals surface area contributed by atoms with Crippen molar-refractivity contribution in [1.82, 2.24) is 15.1 Å². The first-order valence-corrected chi connectivity index (χ1v) is 7.20. The number of hydrogen-bond acceptors (Lipinski definition) is 3. The zero-order valence-corrected chi connectivity index (χ0v) is 13.4. The number of aryl methyl sites for hydroxylation is 2. The van der Waals surface area contributed by atoms with Crippen LogP contribution in [-0.4, -0.2) is 28.1 Å². The minimum atomic E-state index is -0.358. The highest BCUT2D eigenvalue weighted by Gasteiger charge is 2.19. The molecule has 2 rings (SSSR count). The molecule has 2 amide bonds. The third-order valence-corrected chi connectivity index (χ3v) is 3.53. The van der Waals surface area contributed by atoms with E-state index in [4.69, 9.17) is 11.6 Å². The molecule has 0 aliphatic rings. The number of benzene rings is 1. The lowest BCUT2D eigenvalue weighted by Crippen LogP contribution is -2.22. The lowest BCUT2D eigenvalue weighted by atomic mass is 10.1. The van der Waals surface area contributed by atoms with E-state index < -0.39 is 0 Å². The van der Waals surface area contributed by atoms with Crippen molar-refractivity contribution in [2.75, 3.05) is 11.9 Å². The second-order valence-corrected chi connectivity index (χ2v) is 5.13. The van der Waals surface area contributed by atoms with E-state index in [-0.39, 0.29) is 17.0 Å². The third kappa shape index (κ3) is 3.28. The van der Waals surface area contributed by atoms with Gasteiger partial charge in [0.2, 0.25) is 0 Å². The van der Waals surface area contributed by atoms with Crippen LogP contribution in [0.5, 0.6) is 0 Å². The number of anilines is 1. The maximum absolute atomic E-state index is 12.3. The first-order valence-electron chi connectivity index (χ1n) is 6.82. The van der Waals surface area contributed by atoms with Crippen LogP contribution in [0.25, 0.3) is 0 Å². The number of carbonyl (C=O) groups is 2. The largest absolute Gasteiger partial charge is 0.352 e. The van der Waals surface area contributed by atoms with Gasteiger partial charge >= 0.3 is 0 Å². The minimum Gasteiger partial charge on any atom is -0.352 e. The van der Waals surface area contributed by atoms with Crippen molar-refractivity contribution in [3.8, 4) is 0 Å². The Morgan fingerprint density at radius 2 is 2.05 bits per heavy atom. The zero-order chi connectivity index (χ0) is 16.3. The van der Waals surface area contributed by atoms with Crippen molar-refractivity contribution in [3.05, 3.63) is 46.2 Å². The lowest BCUT2D eigenvalue weighted by Gasteiger charge is -2.07. The second-order valence-electron chi connectivity index (χ2n) is 4.77. The molecule has 2 N–H and O–H groups in total. The van der Waals surface area contributed by atoms with Crippen LogP contribution in [0.2, 0.25) is 5.15 Å². The molecular formula is C15H17ClN4O2. The second kappa shape index (κ2) is 6.62. The zero-order valence-electron chi connectivity index (χ0n) is 12.6. The van der Waals surface area contributed by atoms with Crippen LogP contribution in [-0.2, 0) is 7.05 Å². The molecule has 0 saturated heterocycles. The molecular weight excluding hydrogens is 304 g/mol. The lowest BCUT2D eigenvalue weighted by molar-refractivity contribution is 0.0954. The van der Waals surface area contributed by atoms with Crippen molar-refractivity contribution in [2.24, 2.45) is 7.05 Å². The molecule has 0 fully saturated rings. The quantitative estimate of drug-likeness (QED) is 0.908. The highest BCUT2D eigenvalue weighted by Crippen LogP contribution is 2.20. The van der Waals surface area contributed by atoms with Gasteiger partial charge in [0.15, 0.2) is 0 Å². The number of amides is 2. The molecule has 0 radical (unpaired) electrons. The summed E-state index contributed by atoms with van der Waals surface area (Å²) < 4.78 is 1.44. The molecule has 1 aromatic heterocycles. The fourth-order valence-corrected chi connectivity index (χ4v) is 2.34. The number of nitrogens with one attached hydrogen (secondary N) is 2. The van der Waals surface area contributed by atoms with E-state index in [2.05, 4.69) is 15.7 Å². The summed E-state index contributed by atoms with van der Waals surface area (Å²) in [5.41, 5.74) is 1.87. The monoisotopic (exact) mass is 320 g/mol. The van der Waals surface area contributed by atoms with Crippen LogP contribution in [0.4, 0.5) is 5.69 Å². The van der Waals surface area contributed by atoms with Crippen molar-refractivity contribution >= 4 is 29.1 Å². The average molecular weight is 321 g/mol. The Kier molecular flexibility index (Phi) is 4.82. The number of carbonyl (C=O) groups excluding carboxylic acids is 2. The van der Waals surface area contributed by atoms with Gasteiger partial charge in [0.1, 0.15) is 5.15 Å².